The van der Waals surface area contributed by atoms with Crippen LogP contribution in [0.3, 0.4) is 0 Å². The van der Waals surface area contributed by atoms with E-state index in [1.165, 1.54) is 0 Å². The summed E-state index contributed by atoms with van der Waals surface area (Å²) in [5.41, 5.74) is 0.326. The zero-order valence-electron chi connectivity index (χ0n) is 9.99. The first-order valence-corrected chi connectivity index (χ1v) is 7.87. The third-order valence-electron chi connectivity index (χ3n) is 2.85. The molecule has 0 atom stereocenters. The highest BCUT2D eigenvalue weighted by atomic mass is 79.9. The molecule has 1 aromatic heterocycles. The summed E-state index contributed by atoms with van der Waals surface area (Å²) in [7, 11) is -3.68. The van der Waals surface area contributed by atoms with Crippen molar-refractivity contribution in [3.63, 3.8) is 0 Å². The maximum Gasteiger partial charge on any atom is 0.277 e. The largest absolute Gasteiger partial charge is 0.335 e. The number of carbonyl (C=O) groups is 1. The fraction of sp³-hybridized carbons (Fsp3) is 0.400. The number of amides is 1. The van der Waals surface area contributed by atoms with Crippen LogP contribution in [-0.4, -0.2) is 54.7 Å². The van der Waals surface area contributed by atoms with Crippen molar-refractivity contribution in [2.24, 2.45) is 5.14 Å². The van der Waals surface area contributed by atoms with Gasteiger partial charge in [-0.15, -0.1) is 0 Å². The summed E-state index contributed by atoms with van der Waals surface area (Å²) in [6, 6.07) is 3.46. The average Bonchev–Trinajstić information content (AvgIpc) is 2.38. The highest BCUT2D eigenvalue weighted by molar-refractivity contribution is 9.10. The Hall–Kier alpha value is -1.03. The number of pyridine rings is 1. The molecule has 1 amide bonds. The Labute approximate surface area is 119 Å². The summed E-state index contributed by atoms with van der Waals surface area (Å²) in [4.78, 5) is 17.8. The van der Waals surface area contributed by atoms with Gasteiger partial charge in [-0.1, -0.05) is 0 Å². The van der Waals surface area contributed by atoms with Crippen molar-refractivity contribution < 1.29 is 13.2 Å². The van der Waals surface area contributed by atoms with Gasteiger partial charge in [0.2, 0.25) is 0 Å². The fourth-order valence-electron chi connectivity index (χ4n) is 1.84. The van der Waals surface area contributed by atoms with E-state index >= 15 is 0 Å². The Morgan fingerprint density at radius 3 is 2.47 bits per heavy atom. The predicted octanol–water partition coefficient (Wildman–Crippen LogP) is -0.195. The Bertz CT molecular complexity index is 584. The molecule has 2 rings (SSSR count). The van der Waals surface area contributed by atoms with Crippen LogP contribution in [0.15, 0.2) is 22.8 Å². The Balaban J connectivity index is 2.07. The van der Waals surface area contributed by atoms with Crippen LogP contribution in [0.2, 0.25) is 0 Å². The molecule has 1 aromatic rings. The van der Waals surface area contributed by atoms with Crippen LogP contribution >= 0.6 is 15.9 Å². The van der Waals surface area contributed by atoms with Crippen molar-refractivity contribution in [1.82, 2.24) is 14.2 Å². The molecule has 9 heteroatoms. The number of hydrogen-bond donors (Lipinski definition) is 1. The third-order valence-corrected chi connectivity index (χ3v) is 4.57. The molecule has 0 aliphatic carbocycles. The number of halogens is 1. The first-order chi connectivity index (χ1) is 8.89. The van der Waals surface area contributed by atoms with Crippen molar-refractivity contribution in [2.75, 3.05) is 26.2 Å². The topological polar surface area (TPSA) is 96.6 Å². The van der Waals surface area contributed by atoms with Gasteiger partial charge in [0, 0.05) is 36.8 Å². The van der Waals surface area contributed by atoms with Gasteiger partial charge in [0.05, 0.1) is 0 Å². The Morgan fingerprint density at radius 1 is 1.32 bits per heavy atom. The zero-order valence-corrected chi connectivity index (χ0v) is 12.4. The minimum absolute atomic E-state index is 0.203. The van der Waals surface area contributed by atoms with Crippen LogP contribution in [0.4, 0.5) is 0 Å². The molecule has 0 radical (unpaired) electrons. The van der Waals surface area contributed by atoms with E-state index in [1.54, 1.807) is 23.2 Å². The van der Waals surface area contributed by atoms with E-state index in [0.717, 1.165) is 4.31 Å². The molecule has 0 spiro atoms. The Morgan fingerprint density at radius 2 is 1.95 bits per heavy atom. The molecule has 2 N–H and O–H groups in total. The van der Waals surface area contributed by atoms with E-state index in [2.05, 4.69) is 20.9 Å². The summed E-state index contributed by atoms with van der Waals surface area (Å²) < 4.78 is 24.1. The van der Waals surface area contributed by atoms with Crippen molar-refractivity contribution >= 4 is 32.0 Å². The molecule has 0 aromatic carbocycles. The quantitative estimate of drug-likeness (QED) is 0.800. The second-order valence-corrected chi connectivity index (χ2v) is 6.47. The molecule has 0 saturated carbocycles. The normalized spacial score (nSPS) is 17.5. The van der Waals surface area contributed by atoms with E-state index in [9.17, 15) is 13.2 Å². The summed E-state index contributed by atoms with van der Waals surface area (Å²) >= 11 is 3.27. The first kappa shape index (κ1) is 14.4. The van der Waals surface area contributed by atoms with Crippen molar-refractivity contribution in [3.8, 4) is 0 Å². The number of nitrogens with two attached hydrogens (primary N) is 1. The number of hydrogen-bond acceptors (Lipinski definition) is 4. The highest BCUT2D eigenvalue weighted by Crippen LogP contribution is 2.16. The molecular formula is C10H13BrN4O3S. The maximum atomic E-state index is 12.2. The van der Waals surface area contributed by atoms with Gasteiger partial charge >= 0.3 is 0 Å². The van der Waals surface area contributed by atoms with Gasteiger partial charge in [0.25, 0.3) is 16.1 Å². The molecule has 2 heterocycles. The molecule has 1 aliphatic rings. The lowest BCUT2D eigenvalue weighted by atomic mass is 10.3. The zero-order chi connectivity index (χ0) is 14.0. The minimum atomic E-state index is -3.68. The van der Waals surface area contributed by atoms with Crippen LogP contribution in [-0.2, 0) is 10.2 Å². The summed E-state index contributed by atoms with van der Waals surface area (Å²) in [6.45, 7) is 1.01. The van der Waals surface area contributed by atoms with Crippen molar-refractivity contribution in [2.45, 2.75) is 0 Å². The molecule has 0 unspecified atom stereocenters. The van der Waals surface area contributed by atoms with E-state index in [0.29, 0.717) is 23.3 Å². The van der Waals surface area contributed by atoms with Gasteiger partial charge in [-0.05, 0) is 28.1 Å². The molecular weight excluding hydrogens is 336 g/mol. The SMILES string of the molecule is NS(=O)(=O)N1CCN(C(=O)c2ncccc2Br)CC1. The van der Waals surface area contributed by atoms with Crippen molar-refractivity contribution in [3.05, 3.63) is 28.5 Å². The van der Waals surface area contributed by atoms with Crippen LogP contribution < -0.4 is 5.14 Å². The minimum Gasteiger partial charge on any atom is -0.335 e. The molecule has 0 bridgehead atoms. The molecule has 7 nitrogen and oxygen atoms in total. The average molecular weight is 349 g/mol. The molecule has 1 saturated heterocycles. The summed E-state index contributed by atoms with van der Waals surface area (Å²) in [5.74, 6) is -0.221. The number of aromatic nitrogens is 1. The second kappa shape index (κ2) is 5.53. The van der Waals surface area contributed by atoms with Crippen LogP contribution in [0.25, 0.3) is 0 Å². The van der Waals surface area contributed by atoms with Gasteiger partial charge in [-0.25, -0.2) is 10.1 Å². The number of carbonyl (C=O) groups excluding carboxylic acids is 1. The van der Waals surface area contributed by atoms with Crippen molar-refractivity contribution in [1.29, 1.82) is 0 Å². The predicted molar refractivity (Wildman–Crippen MR) is 72.5 cm³/mol. The number of nitrogens with zero attached hydrogens (tertiary/aromatic N) is 3. The number of rotatable bonds is 2. The van der Waals surface area contributed by atoms with Gasteiger partial charge < -0.3 is 4.90 Å². The van der Waals surface area contributed by atoms with Gasteiger partial charge in [-0.3, -0.25) is 4.79 Å². The smallest absolute Gasteiger partial charge is 0.277 e. The van der Waals surface area contributed by atoms with Gasteiger partial charge in [-0.2, -0.15) is 12.7 Å². The van der Waals surface area contributed by atoms with Gasteiger partial charge in [0.1, 0.15) is 5.69 Å². The van der Waals surface area contributed by atoms with Crippen LogP contribution in [0, 0.1) is 0 Å². The summed E-state index contributed by atoms with van der Waals surface area (Å²) in [5, 5.41) is 5.04. The van der Waals surface area contributed by atoms with E-state index in [1.807, 2.05) is 0 Å². The molecule has 104 valence electrons. The lowest BCUT2D eigenvalue weighted by Gasteiger charge is -2.32. The van der Waals surface area contributed by atoms with E-state index in [-0.39, 0.29) is 19.0 Å². The Kier molecular flexibility index (Phi) is 4.19. The first-order valence-electron chi connectivity index (χ1n) is 5.57. The molecule has 1 fully saturated rings. The molecule has 1 aliphatic heterocycles. The maximum absolute atomic E-state index is 12.2. The lowest BCUT2D eigenvalue weighted by molar-refractivity contribution is 0.0691. The van der Waals surface area contributed by atoms with Crippen LogP contribution in [0.5, 0.6) is 0 Å². The van der Waals surface area contributed by atoms with E-state index < -0.39 is 10.2 Å². The fourth-order valence-corrected chi connectivity index (χ4v) is 2.94. The van der Waals surface area contributed by atoms with Gasteiger partial charge in [0.15, 0.2) is 0 Å². The monoisotopic (exact) mass is 348 g/mol. The van der Waals surface area contributed by atoms with Crippen LogP contribution in [0.1, 0.15) is 10.5 Å². The third kappa shape index (κ3) is 3.30. The summed E-state index contributed by atoms with van der Waals surface area (Å²) in [6.07, 6.45) is 1.54. The lowest BCUT2D eigenvalue weighted by Crippen LogP contribution is -2.52. The van der Waals surface area contributed by atoms with E-state index in [4.69, 9.17) is 5.14 Å². The second-order valence-electron chi connectivity index (χ2n) is 4.07. The molecule has 19 heavy (non-hydrogen) atoms. The standard InChI is InChI=1S/C10H13BrN4O3S/c11-8-2-1-3-13-9(8)10(16)14-4-6-15(7-5-14)19(12,17)18/h1-3H,4-7H2,(H2,12,17,18). The highest BCUT2D eigenvalue weighted by Gasteiger charge is 2.28. The number of piperazine rings is 1.